The van der Waals surface area contributed by atoms with E-state index in [1.165, 1.54) is 11.7 Å². The molecule has 0 bridgehead atoms. The molecule has 15 heavy (non-hydrogen) atoms. The van der Waals surface area contributed by atoms with Gasteiger partial charge in [0.2, 0.25) is 0 Å². The van der Waals surface area contributed by atoms with E-state index in [1.54, 1.807) is 6.92 Å². The molecule has 1 saturated heterocycles. The standard InChI is InChI=1S/C9H15N3O2S/c1-7(13)6-8-9(11-15-10-8)12-2-4-14-5-3-12/h7,13H,2-6H2,1H3. The number of aliphatic hydroxyl groups excluding tert-OH is 1. The van der Waals surface area contributed by atoms with E-state index in [0.717, 1.165) is 37.8 Å². The Labute approximate surface area is 93.0 Å². The summed E-state index contributed by atoms with van der Waals surface area (Å²) >= 11 is 1.21. The smallest absolute Gasteiger partial charge is 0.166 e. The second-order valence-electron chi connectivity index (χ2n) is 3.69. The van der Waals surface area contributed by atoms with E-state index in [2.05, 4.69) is 13.6 Å². The first-order valence-electron chi connectivity index (χ1n) is 5.09. The zero-order chi connectivity index (χ0) is 10.7. The Morgan fingerprint density at radius 2 is 2.20 bits per heavy atom. The van der Waals surface area contributed by atoms with Gasteiger partial charge in [0.15, 0.2) is 5.82 Å². The van der Waals surface area contributed by atoms with Gasteiger partial charge in [0.25, 0.3) is 0 Å². The highest BCUT2D eigenvalue weighted by Gasteiger charge is 2.19. The second kappa shape index (κ2) is 4.87. The van der Waals surface area contributed by atoms with Crippen molar-refractivity contribution in [1.29, 1.82) is 0 Å². The van der Waals surface area contributed by atoms with Crippen LogP contribution in [0.2, 0.25) is 0 Å². The Morgan fingerprint density at radius 1 is 1.47 bits per heavy atom. The molecule has 2 heterocycles. The van der Waals surface area contributed by atoms with Crippen molar-refractivity contribution in [2.75, 3.05) is 31.2 Å². The molecule has 0 aromatic carbocycles. The number of hydrogen-bond acceptors (Lipinski definition) is 6. The lowest BCUT2D eigenvalue weighted by atomic mass is 10.2. The highest BCUT2D eigenvalue weighted by atomic mass is 32.1. The molecule has 2 rings (SSSR count). The minimum Gasteiger partial charge on any atom is -0.393 e. The topological polar surface area (TPSA) is 58.5 Å². The number of aliphatic hydroxyl groups is 1. The Hall–Kier alpha value is -0.720. The first-order valence-corrected chi connectivity index (χ1v) is 5.82. The molecular formula is C9H15N3O2S. The summed E-state index contributed by atoms with van der Waals surface area (Å²) in [7, 11) is 0. The van der Waals surface area contributed by atoms with Crippen molar-refractivity contribution < 1.29 is 9.84 Å². The first-order chi connectivity index (χ1) is 7.27. The number of aromatic nitrogens is 2. The summed E-state index contributed by atoms with van der Waals surface area (Å²) < 4.78 is 13.8. The van der Waals surface area contributed by atoms with Gasteiger partial charge in [0.05, 0.1) is 31.0 Å². The summed E-state index contributed by atoms with van der Waals surface area (Å²) in [6.45, 7) is 4.97. The summed E-state index contributed by atoms with van der Waals surface area (Å²) in [5.41, 5.74) is 0.900. The summed E-state index contributed by atoms with van der Waals surface area (Å²) in [5, 5.41) is 9.34. The summed E-state index contributed by atoms with van der Waals surface area (Å²) in [4.78, 5) is 2.17. The fourth-order valence-electron chi connectivity index (χ4n) is 1.63. The molecule has 1 aliphatic heterocycles. The minimum absolute atomic E-state index is 0.367. The van der Waals surface area contributed by atoms with Gasteiger partial charge in [0.1, 0.15) is 5.69 Å². The van der Waals surface area contributed by atoms with Crippen LogP contribution in [0.4, 0.5) is 5.82 Å². The molecule has 1 aromatic heterocycles. The molecule has 1 atom stereocenters. The number of morpholine rings is 1. The van der Waals surface area contributed by atoms with E-state index >= 15 is 0 Å². The number of ether oxygens (including phenoxy) is 1. The van der Waals surface area contributed by atoms with Crippen molar-refractivity contribution in [1.82, 2.24) is 8.75 Å². The van der Waals surface area contributed by atoms with E-state index < -0.39 is 0 Å². The zero-order valence-electron chi connectivity index (χ0n) is 8.72. The van der Waals surface area contributed by atoms with Crippen LogP contribution in [-0.4, -0.2) is 46.3 Å². The molecule has 0 amide bonds. The molecule has 84 valence electrons. The lowest BCUT2D eigenvalue weighted by molar-refractivity contribution is 0.122. The normalized spacial score (nSPS) is 19.2. The molecule has 0 spiro atoms. The molecule has 1 aliphatic rings. The van der Waals surface area contributed by atoms with Crippen molar-refractivity contribution >= 4 is 17.5 Å². The number of hydrogen-bond donors (Lipinski definition) is 1. The maximum absolute atomic E-state index is 9.34. The molecule has 0 aliphatic carbocycles. The third-order valence-corrected chi connectivity index (χ3v) is 2.89. The van der Waals surface area contributed by atoms with E-state index in [4.69, 9.17) is 4.74 Å². The first kappa shape index (κ1) is 10.8. The van der Waals surface area contributed by atoms with Gasteiger partial charge in [-0.1, -0.05) is 0 Å². The zero-order valence-corrected chi connectivity index (χ0v) is 9.53. The lowest BCUT2D eigenvalue weighted by Crippen LogP contribution is -2.37. The molecule has 6 heteroatoms. The fourth-order valence-corrected chi connectivity index (χ4v) is 2.22. The molecule has 1 fully saturated rings. The van der Waals surface area contributed by atoms with E-state index in [1.807, 2.05) is 0 Å². The molecule has 0 radical (unpaired) electrons. The molecule has 1 N–H and O–H groups in total. The maximum atomic E-state index is 9.34. The summed E-state index contributed by atoms with van der Waals surface area (Å²) in [5.74, 6) is 0.921. The van der Waals surface area contributed by atoms with Gasteiger partial charge < -0.3 is 14.7 Å². The molecule has 0 saturated carbocycles. The maximum Gasteiger partial charge on any atom is 0.166 e. The monoisotopic (exact) mass is 229 g/mol. The molecule has 5 nitrogen and oxygen atoms in total. The van der Waals surface area contributed by atoms with Crippen LogP contribution < -0.4 is 4.90 Å². The van der Waals surface area contributed by atoms with Gasteiger partial charge in [-0.3, -0.25) is 0 Å². The summed E-state index contributed by atoms with van der Waals surface area (Å²) in [6, 6.07) is 0. The Kier molecular flexibility index (Phi) is 3.50. The van der Waals surface area contributed by atoms with E-state index in [-0.39, 0.29) is 6.10 Å². The van der Waals surface area contributed by atoms with Crippen molar-refractivity contribution in [2.24, 2.45) is 0 Å². The fraction of sp³-hybridized carbons (Fsp3) is 0.778. The third kappa shape index (κ3) is 2.64. The van der Waals surface area contributed by atoms with Gasteiger partial charge in [-0.25, -0.2) is 0 Å². The average Bonchev–Trinajstić information content (AvgIpc) is 2.66. The van der Waals surface area contributed by atoms with Crippen LogP contribution in [-0.2, 0) is 11.2 Å². The van der Waals surface area contributed by atoms with E-state index in [9.17, 15) is 5.11 Å². The highest BCUT2D eigenvalue weighted by molar-refractivity contribution is 6.99. The van der Waals surface area contributed by atoms with Crippen molar-refractivity contribution in [3.8, 4) is 0 Å². The van der Waals surface area contributed by atoms with Crippen LogP contribution >= 0.6 is 11.7 Å². The number of nitrogens with zero attached hydrogens (tertiary/aromatic N) is 3. The number of anilines is 1. The van der Waals surface area contributed by atoms with Crippen LogP contribution in [0.3, 0.4) is 0 Å². The van der Waals surface area contributed by atoms with Gasteiger partial charge in [-0.05, 0) is 6.92 Å². The quantitative estimate of drug-likeness (QED) is 0.807. The van der Waals surface area contributed by atoms with Gasteiger partial charge in [0, 0.05) is 19.5 Å². The van der Waals surface area contributed by atoms with E-state index in [0.29, 0.717) is 6.42 Å². The average molecular weight is 229 g/mol. The van der Waals surface area contributed by atoms with Gasteiger partial charge >= 0.3 is 0 Å². The van der Waals surface area contributed by atoms with Crippen molar-refractivity contribution in [3.05, 3.63) is 5.69 Å². The van der Waals surface area contributed by atoms with Crippen LogP contribution in [0.25, 0.3) is 0 Å². The van der Waals surface area contributed by atoms with Crippen LogP contribution in [0, 0.1) is 0 Å². The Balaban J connectivity index is 2.09. The van der Waals surface area contributed by atoms with Crippen LogP contribution in [0.1, 0.15) is 12.6 Å². The predicted octanol–water partition coefficient (Wildman–Crippen LogP) is 0.298. The van der Waals surface area contributed by atoms with Crippen LogP contribution in [0.15, 0.2) is 0 Å². The molecular weight excluding hydrogens is 214 g/mol. The second-order valence-corrected chi connectivity index (χ2v) is 4.22. The SMILES string of the molecule is CC(O)Cc1nsnc1N1CCOCC1. The van der Waals surface area contributed by atoms with Crippen LogP contribution in [0.5, 0.6) is 0 Å². The summed E-state index contributed by atoms with van der Waals surface area (Å²) in [6.07, 6.45) is 0.206. The molecule has 1 unspecified atom stereocenters. The third-order valence-electron chi connectivity index (χ3n) is 2.34. The molecule has 1 aromatic rings. The van der Waals surface area contributed by atoms with Gasteiger partial charge in [-0.15, -0.1) is 0 Å². The van der Waals surface area contributed by atoms with Crippen molar-refractivity contribution in [3.63, 3.8) is 0 Å². The Morgan fingerprint density at radius 3 is 2.87 bits per heavy atom. The Bertz CT molecular complexity index is 310. The number of rotatable bonds is 3. The highest BCUT2D eigenvalue weighted by Crippen LogP contribution is 2.20. The van der Waals surface area contributed by atoms with Crippen molar-refractivity contribution in [2.45, 2.75) is 19.4 Å². The largest absolute Gasteiger partial charge is 0.393 e. The minimum atomic E-state index is -0.367. The lowest BCUT2D eigenvalue weighted by Gasteiger charge is -2.27. The predicted molar refractivity (Wildman–Crippen MR) is 58.3 cm³/mol. The van der Waals surface area contributed by atoms with Gasteiger partial charge in [-0.2, -0.15) is 8.75 Å².